The van der Waals surface area contributed by atoms with Crippen molar-refractivity contribution in [2.75, 3.05) is 18.9 Å². The summed E-state index contributed by atoms with van der Waals surface area (Å²) < 4.78 is 4.96. The van der Waals surface area contributed by atoms with E-state index in [9.17, 15) is 4.79 Å². The summed E-state index contributed by atoms with van der Waals surface area (Å²) in [5, 5.41) is 2.83. The maximum atomic E-state index is 11.4. The van der Waals surface area contributed by atoms with E-state index < -0.39 is 0 Å². The van der Waals surface area contributed by atoms with E-state index >= 15 is 0 Å². The molecule has 1 aliphatic heterocycles. The lowest BCUT2D eigenvalue weighted by Gasteiger charge is -2.43. The van der Waals surface area contributed by atoms with Crippen LogP contribution in [0.1, 0.15) is 45.2 Å². The Hall–Kier alpha value is -1.16. The van der Waals surface area contributed by atoms with Crippen LogP contribution in [0.4, 0.5) is 4.79 Å². The second-order valence-corrected chi connectivity index (χ2v) is 7.82. The number of thioether (sulfide) groups is 1. The first-order valence-corrected chi connectivity index (χ1v) is 8.52. The molecular formula is C17H25NO2S. The zero-order valence-corrected chi connectivity index (χ0v) is 14.2. The minimum Gasteiger partial charge on any atom is -0.450 e. The van der Waals surface area contributed by atoms with Crippen molar-refractivity contribution in [2.24, 2.45) is 0 Å². The SMILES string of the molecule is CCOC(=O)NCCC1(C)SCC(C)(C)c2ccccc21. The molecule has 0 aromatic heterocycles. The van der Waals surface area contributed by atoms with Crippen molar-refractivity contribution in [3.05, 3.63) is 35.4 Å². The molecule has 3 nitrogen and oxygen atoms in total. The van der Waals surface area contributed by atoms with E-state index in [4.69, 9.17) is 4.74 Å². The Bertz CT molecular complexity index is 515. The smallest absolute Gasteiger partial charge is 0.407 e. The van der Waals surface area contributed by atoms with Crippen LogP contribution in [0.3, 0.4) is 0 Å². The predicted octanol–water partition coefficient (Wildman–Crippen LogP) is 4.06. The molecule has 0 aliphatic carbocycles. The zero-order chi connectivity index (χ0) is 15.5. The number of carbonyl (C=O) groups is 1. The molecule has 0 saturated carbocycles. The number of ether oxygens (including phenoxy) is 1. The Morgan fingerprint density at radius 2 is 1.95 bits per heavy atom. The van der Waals surface area contributed by atoms with Crippen LogP contribution in [0, 0.1) is 0 Å². The molecule has 1 heterocycles. The molecule has 21 heavy (non-hydrogen) atoms. The third-order valence-electron chi connectivity index (χ3n) is 4.12. The first-order chi connectivity index (χ1) is 9.89. The molecule has 1 amide bonds. The molecule has 4 heteroatoms. The summed E-state index contributed by atoms with van der Waals surface area (Å²) in [4.78, 5) is 11.4. The molecule has 1 N–H and O–H groups in total. The number of benzene rings is 1. The van der Waals surface area contributed by atoms with Crippen molar-refractivity contribution < 1.29 is 9.53 Å². The number of alkyl carbamates (subject to hydrolysis) is 1. The summed E-state index contributed by atoms with van der Waals surface area (Å²) in [6.45, 7) is 9.74. The van der Waals surface area contributed by atoms with Crippen molar-refractivity contribution in [3.8, 4) is 0 Å². The van der Waals surface area contributed by atoms with Crippen LogP contribution in [0.15, 0.2) is 24.3 Å². The van der Waals surface area contributed by atoms with Crippen molar-refractivity contribution in [2.45, 2.75) is 44.3 Å². The van der Waals surface area contributed by atoms with Crippen LogP contribution in [-0.4, -0.2) is 25.0 Å². The monoisotopic (exact) mass is 307 g/mol. The molecule has 1 atom stereocenters. The largest absolute Gasteiger partial charge is 0.450 e. The number of amides is 1. The van der Waals surface area contributed by atoms with Crippen LogP contribution in [-0.2, 0) is 14.9 Å². The topological polar surface area (TPSA) is 38.3 Å². The summed E-state index contributed by atoms with van der Waals surface area (Å²) in [6.07, 6.45) is 0.583. The molecule has 0 bridgehead atoms. The number of fused-ring (bicyclic) bond motifs is 1. The molecule has 0 saturated heterocycles. The zero-order valence-electron chi connectivity index (χ0n) is 13.4. The number of rotatable bonds is 4. The highest BCUT2D eigenvalue weighted by molar-refractivity contribution is 8.00. The predicted molar refractivity (Wildman–Crippen MR) is 88.9 cm³/mol. The maximum Gasteiger partial charge on any atom is 0.407 e. The van der Waals surface area contributed by atoms with Gasteiger partial charge in [0.05, 0.1) is 6.61 Å². The van der Waals surface area contributed by atoms with Crippen molar-refractivity contribution >= 4 is 17.9 Å². The minimum atomic E-state index is -0.324. The van der Waals surface area contributed by atoms with Gasteiger partial charge in [0.25, 0.3) is 0 Å². The van der Waals surface area contributed by atoms with E-state index in [0.717, 1.165) is 12.2 Å². The van der Waals surface area contributed by atoms with Gasteiger partial charge in [0.1, 0.15) is 0 Å². The van der Waals surface area contributed by atoms with Gasteiger partial charge in [-0.25, -0.2) is 4.79 Å². The maximum absolute atomic E-state index is 11.4. The molecular weight excluding hydrogens is 282 g/mol. The fraction of sp³-hybridized carbons (Fsp3) is 0.588. The van der Waals surface area contributed by atoms with Gasteiger partial charge in [-0.15, -0.1) is 11.8 Å². The average molecular weight is 307 g/mol. The third-order valence-corrected chi connectivity index (χ3v) is 6.05. The highest BCUT2D eigenvalue weighted by atomic mass is 32.2. The third kappa shape index (κ3) is 3.54. The van der Waals surface area contributed by atoms with E-state index in [0.29, 0.717) is 13.2 Å². The fourth-order valence-corrected chi connectivity index (χ4v) is 4.24. The van der Waals surface area contributed by atoms with Gasteiger partial charge in [0.15, 0.2) is 0 Å². The normalized spacial score (nSPS) is 23.2. The van der Waals surface area contributed by atoms with Crippen LogP contribution >= 0.6 is 11.8 Å². The molecule has 1 aromatic carbocycles. The van der Waals surface area contributed by atoms with E-state index in [1.807, 2.05) is 18.7 Å². The van der Waals surface area contributed by atoms with Gasteiger partial charge in [-0.3, -0.25) is 0 Å². The molecule has 0 fully saturated rings. The summed E-state index contributed by atoms with van der Waals surface area (Å²) in [6, 6.07) is 8.70. The first-order valence-electron chi connectivity index (χ1n) is 7.53. The van der Waals surface area contributed by atoms with Gasteiger partial charge in [-0.05, 0) is 36.8 Å². The number of hydrogen-bond acceptors (Lipinski definition) is 3. The Balaban J connectivity index is 2.11. The van der Waals surface area contributed by atoms with Gasteiger partial charge < -0.3 is 10.1 Å². The van der Waals surface area contributed by atoms with Gasteiger partial charge in [-0.2, -0.15) is 0 Å². The molecule has 116 valence electrons. The Labute approximate surface area is 131 Å². The van der Waals surface area contributed by atoms with E-state index in [1.54, 1.807) is 0 Å². The van der Waals surface area contributed by atoms with Crippen LogP contribution in [0.5, 0.6) is 0 Å². The van der Waals surface area contributed by atoms with Gasteiger partial charge in [-0.1, -0.05) is 38.1 Å². The Kier molecular flexibility index (Phi) is 4.87. The quantitative estimate of drug-likeness (QED) is 0.911. The molecule has 1 aromatic rings. The Morgan fingerprint density at radius 3 is 2.62 bits per heavy atom. The highest BCUT2D eigenvalue weighted by Gasteiger charge is 2.39. The summed E-state index contributed by atoms with van der Waals surface area (Å²) >= 11 is 1.99. The second-order valence-electron chi connectivity index (χ2n) is 6.35. The molecule has 1 aliphatic rings. The summed E-state index contributed by atoms with van der Waals surface area (Å²) in [5.74, 6) is 1.10. The average Bonchev–Trinajstić information content (AvgIpc) is 2.45. The van der Waals surface area contributed by atoms with E-state index in [-0.39, 0.29) is 16.3 Å². The van der Waals surface area contributed by atoms with Crippen molar-refractivity contribution in [1.29, 1.82) is 0 Å². The lowest BCUT2D eigenvalue weighted by Crippen LogP contribution is -2.37. The molecule has 0 radical (unpaired) electrons. The lowest BCUT2D eigenvalue weighted by atomic mass is 9.78. The molecule has 1 unspecified atom stereocenters. The number of carbonyl (C=O) groups excluding carboxylic acids is 1. The lowest BCUT2D eigenvalue weighted by molar-refractivity contribution is 0.152. The molecule has 2 rings (SSSR count). The number of nitrogens with one attached hydrogen (secondary N) is 1. The van der Waals surface area contributed by atoms with Gasteiger partial charge in [0.2, 0.25) is 0 Å². The van der Waals surface area contributed by atoms with Crippen LogP contribution < -0.4 is 5.32 Å². The van der Waals surface area contributed by atoms with Crippen LogP contribution in [0.25, 0.3) is 0 Å². The summed E-state index contributed by atoms with van der Waals surface area (Å²) in [7, 11) is 0. The van der Waals surface area contributed by atoms with Crippen molar-refractivity contribution in [1.82, 2.24) is 5.32 Å². The van der Waals surface area contributed by atoms with Gasteiger partial charge in [0, 0.05) is 17.0 Å². The Morgan fingerprint density at radius 1 is 1.29 bits per heavy atom. The summed E-state index contributed by atoms with van der Waals surface area (Å²) in [5.41, 5.74) is 3.04. The standard InChI is InChI=1S/C17H25NO2S/c1-5-20-15(19)18-11-10-17(4)14-9-7-6-8-13(14)16(2,3)12-21-17/h6-9H,5,10-12H2,1-4H3,(H,18,19). The van der Waals surface area contributed by atoms with Crippen LogP contribution in [0.2, 0.25) is 0 Å². The fourth-order valence-electron chi connectivity index (χ4n) is 2.82. The van der Waals surface area contributed by atoms with E-state index in [2.05, 4.69) is 50.4 Å². The molecule has 0 spiro atoms. The minimum absolute atomic E-state index is 0.0472. The highest BCUT2D eigenvalue weighted by Crippen LogP contribution is 2.50. The number of hydrogen-bond donors (Lipinski definition) is 1. The second kappa shape index (κ2) is 6.30. The van der Waals surface area contributed by atoms with Crippen molar-refractivity contribution in [3.63, 3.8) is 0 Å². The van der Waals surface area contributed by atoms with E-state index in [1.165, 1.54) is 11.1 Å². The first kappa shape index (κ1) is 16.2. The van der Waals surface area contributed by atoms with Gasteiger partial charge >= 0.3 is 6.09 Å².